The second-order valence-electron chi connectivity index (χ2n) is 12.1. The smallest absolute Gasteiger partial charge is 0.255 e. The topological polar surface area (TPSA) is 117 Å². The van der Waals surface area contributed by atoms with Crippen molar-refractivity contribution < 1.29 is 19.2 Å². The lowest BCUT2D eigenvalue weighted by Gasteiger charge is -2.29. The second kappa shape index (κ2) is 12.2. The first-order chi connectivity index (χ1) is 22.4. The summed E-state index contributed by atoms with van der Waals surface area (Å²) >= 11 is 0. The summed E-state index contributed by atoms with van der Waals surface area (Å²) in [5.41, 5.74) is 6.00. The van der Waals surface area contributed by atoms with E-state index >= 15 is 0 Å². The summed E-state index contributed by atoms with van der Waals surface area (Å²) in [5.74, 6) is -1.27. The van der Waals surface area contributed by atoms with Gasteiger partial charge in [0.05, 0.1) is 5.52 Å². The normalized spacial score (nSPS) is 16.3. The maximum absolute atomic E-state index is 13.0. The Morgan fingerprint density at radius 3 is 2.59 bits per heavy atom. The molecule has 0 saturated carbocycles. The zero-order valence-corrected chi connectivity index (χ0v) is 25.5. The molecule has 2 aliphatic rings. The lowest BCUT2D eigenvalue weighted by atomic mass is 10.0. The van der Waals surface area contributed by atoms with Crippen LogP contribution in [0.4, 0.5) is 0 Å². The van der Waals surface area contributed by atoms with E-state index in [1.807, 2.05) is 24.4 Å². The molecule has 2 N–H and O–H groups in total. The van der Waals surface area contributed by atoms with E-state index in [1.165, 1.54) is 26.8 Å². The number of hydrogen-bond donors (Lipinski definition) is 2. The van der Waals surface area contributed by atoms with Gasteiger partial charge in [-0.1, -0.05) is 42.5 Å². The van der Waals surface area contributed by atoms with Crippen LogP contribution < -0.4 is 10.6 Å². The number of fused-ring (bicyclic) bond motifs is 4. The Morgan fingerprint density at radius 1 is 0.978 bits per heavy atom. The lowest BCUT2D eigenvalue weighted by molar-refractivity contribution is -0.136. The third kappa shape index (κ3) is 5.63. The Labute approximate surface area is 266 Å². The number of hydrogen-bond acceptors (Lipinski definition) is 6. The molecule has 0 spiro atoms. The van der Waals surface area contributed by atoms with Crippen LogP contribution in [0.5, 0.6) is 0 Å². The summed E-state index contributed by atoms with van der Waals surface area (Å²) in [6.07, 6.45) is 2.34. The molecule has 4 heterocycles. The van der Waals surface area contributed by atoms with Gasteiger partial charge >= 0.3 is 0 Å². The zero-order chi connectivity index (χ0) is 31.8. The molecular weight excluding hydrogens is 580 g/mol. The fourth-order valence-electron chi connectivity index (χ4n) is 6.52. The molecule has 3 aromatic carbocycles. The number of pyridine rings is 1. The van der Waals surface area contributed by atoms with Gasteiger partial charge in [-0.15, -0.1) is 0 Å². The Morgan fingerprint density at radius 2 is 1.76 bits per heavy atom. The molecule has 7 rings (SSSR count). The maximum atomic E-state index is 13.0. The zero-order valence-electron chi connectivity index (χ0n) is 25.5. The molecular formula is C36H34N6O4. The lowest BCUT2D eigenvalue weighted by Crippen LogP contribution is -2.52. The van der Waals surface area contributed by atoms with Crippen LogP contribution in [-0.4, -0.2) is 62.6 Å². The van der Waals surface area contributed by atoms with E-state index in [0.717, 1.165) is 30.8 Å². The fourth-order valence-corrected chi connectivity index (χ4v) is 6.52. The number of likely N-dealkylation sites (N-methyl/N-ethyl adjacent to an activating group) is 1. The van der Waals surface area contributed by atoms with Gasteiger partial charge < -0.3 is 19.7 Å². The predicted octanol–water partition coefficient (Wildman–Crippen LogP) is 4.01. The van der Waals surface area contributed by atoms with Crippen molar-refractivity contribution >= 4 is 45.6 Å². The third-order valence-electron chi connectivity index (χ3n) is 8.95. The van der Waals surface area contributed by atoms with Gasteiger partial charge in [-0.2, -0.15) is 0 Å². The van der Waals surface area contributed by atoms with Gasteiger partial charge in [-0.05, 0) is 66.6 Å². The molecule has 5 aromatic rings. The van der Waals surface area contributed by atoms with E-state index in [-0.39, 0.29) is 30.7 Å². The molecule has 10 heteroatoms. The van der Waals surface area contributed by atoms with E-state index in [9.17, 15) is 19.2 Å². The molecule has 2 aliphatic heterocycles. The van der Waals surface area contributed by atoms with Crippen LogP contribution in [0, 0.1) is 0 Å². The largest absolute Gasteiger partial charge is 0.348 e. The number of amides is 4. The van der Waals surface area contributed by atoms with Crippen molar-refractivity contribution in [1.82, 2.24) is 30.0 Å². The highest BCUT2D eigenvalue weighted by Gasteiger charge is 2.39. The molecule has 1 unspecified atom stereocenters. The van der Waals surface area contributed by atoms with Gasteiger partial charge in [0.15, 0.2) is 0 Å². The Balaban J connectivity index is 0.927. The molecule has 232 valence electrons. The van der Waals surface area contributed by atoms with Gasteiger partial charge in [-0.3, -0.25) is 24.5 Å². The van der Waals surface area contributed by atoms with Crippen LogP contribution in [0.3, 0.4) is 0 Å². The van der Waals surface area contributed by atoms with E-state index in [1.54, 1.807) is 18.2 Å². The van der Waals surface area contributed by atoms with Crippen molar-refractivity contribution in [2.24, 2.45) is 0 Å². The number of aromatic nitrogens is 2. The minimum Gasteiger partial charge on any atom is -0.348 e. The number of benzene rings is 3. The van der Waals surface area contributed by atoms with Gasteiger partial charge in [0, 0.05) is 67.2 Å². The van der Waals surface area contributed by atoms with Crippen molar-refractivity contribution in [2.75, 3.05) is 13.6 Å². The molecule has 0 aliphatic carbocycles. The highest BCUT2D eigenvalue weighted by Crippen LogP contribution is 2.29. The molecule has 0 bridgehead atoms. The first-order valence-electron chi connectivity index (χ1n) is 15.5. The van der Waals surface area contributed by atoms with Gasteiger partial charge in [0.25, 0.3) is 11.8 Å². The molecule has 46 heavy (non-hydrogen) atoms. The number of nitrogens with zero attached hydrogens (tertiary/aromatic N) is 4. The molecule has 1 atom stereocenters. The Kier molecular flexibility index (Phi) is 7.79. The Bertz CT molecular complexity index is 1950. The van der Waals surface area contributed by atoms with Crippen molar-refractivity contribution in [2.45, 2.75) is 45.1 Å². The van der Waals surface area contributed by atoms with E-state index in [4.69, 9.17) is 0 Å². The average Bonchev–Trinajstić information content (AvgIpc) is 3.57. The number of para-hydroxylation sites is 1. The number of carbonyl (C=O) groups is 4. The maximum Gasteiger partial charge on any atom is 0.255 e. The number of rotatable bonds is 9. The van der Waals surface area contributed by atoms with Crippen molar-refractivity contribution in [3.8, 4) is 0 Å². The quantitative estimate of drug-likeness (QED) is 0.243. The van der Waals surface area contributed by atoms with Crippen molar-refractivity contribution in [1.29, 1.82) is 0 Å². The van der Waals surface area contributed by atoms with Crippen molar-refractivity contribution in [3.05, 3.63) is 113 Å². The summed E-state index contributed by atoms with van der Waals surface area (Å²) in [6.45, 7) is 3.08. The summed E-state index contributed by atoms with van der Waals surface area (Å²) in [7, 11) is 2.11. The minimum atomic E-state index is -0.685. The summed E-state index contributed by atoms with van der Waals surface area (Å²) in [5, 5.41) is 7.67. The van der Waals surface area contributed by atoms with Crippen LogP contribution in [0.2, 0.25) is 0 Å². The van der Waals surface area contributed by atoms with Gasteiger partial charge in [0.2, 0.25) is 11.8 Å². The average molecular weight is 615 g/mol. The first kappa shape index (κ1) is 29.4. The highest BCUT2D eigenvalue weighted by atomic mass is 16.2. The molecule has 0 radical (unpaired) electrons. The standard InChI is InChI=1S/C36H34N6O4/c1-40(17-18-41-30-7-3-2-5-28(30)29-6-4-16-37-33(29)41)21-24-10-8-23(9-11-24)20-38-34(44)25-12-13-27-26(19-25)22-42(36(27)46)31-14-15-32(43)39-35(31)45/h2-13,16,19,31H,14-15,17-18,20-22H2,1H3,(H,38,44)(H,39,43,45). The van der Waals surface area contributed by atoms with Crippen LogP contribution in [0.25, 0.3) is 21.9 Å². The number of carbonyl (C=O) groups excluding carboxylic acids is 4. The number of imide groups is 1. The van der Waals surface area contributed by atoms with Gasteiger partial charge in [0.1, 0.15) is 11.7 Å². The van der Waals surface area contributed by atoms with Crippen LogP contribution in [0.15, 0.2) is 85.1 Å². The predicted molar refractivity (Wildman–Crippen MR) is 174 cm³/mol. The summed E-state index contributed by atoms with van der Waals surface area (Å²) in [4.78, 5) is 58.2. The van der Waals surface area contributed by atoms with E-state index in [0.29, 0.717) is 29.7 Å². The van der Waals surface area contributed by atoms with Crippen molar-refractivity contribution in [3.63, 3.8) is 0 Å². The minimum absolute atomic E-state index is 0.198. The summed E-state index contributed by atoms with van der Waals surface area (Å²) < 4.78 is 2.29. The van der Waals surface area contributed by atoms with E-state index < -0.39 is 11.9 Å². The summed E-state index contributed by atoms with van der Waals surface area (Å²) in [6, 6.07) is 25.1. The molecule has 1 saturated heterocycles. The fraction of sp³-hybridized carbons (Fsp3) is 0.250. The SMILES string of the molecule is CN(CCn1c2ccccc2c2cccnc21)Cc1ccc(CNC(=O)c2ccc3c(c2)CN(C2CCC(=O)NC2=O)C3=O)cc1. The number of piperidine rings is 1. The molecule has 4 amide bonds. The van der Waals surface area contributed by atoms with Crippen LogP contribution in [0.1, 0.15) is 50.2 Å². The molecule has 2 aromatic heterocycles. The molecule has 1 fully saturated rings. The monoisotopic (exact) mass is 614 g/mol. The van der Waals surface area contributed by atoms with Crippen LogP contribution >= 0.6 is 0 Å². The van der Waals surface area contributed by atoms with Crippen LogP contribution in [-0.2, 0) is 35.8 Å². The Hall–Kier alpha value is -5.35. The highest BCUT2D eigenvalue weighted by molar-refractivity contribution is 6.07. The second-order valence-corrected chi connectivity index (χ2v) is 12.1. The van der Waals surface area contributed by atoms with E-state index in [2.05, 4.69) is 74.6 Å². The third-order valence-corrected chi connectivity index (χ3v) is 8.95. The first-order valence-corrected chi connectivity index (χ1v) is 15.5. The van der Waals surface area contributed by atoms with Gasteiger partial charge in [-0.25, -0.2) is 4.98 Å². The molecule has 10 nitrogen and oxygen atoms in total. The number of nitrogens with one attached hydrogen (secondary N) is 2.